The number of aromatic nitrogens is 1. The van der Waals surface area contributed by atoms with Crippen LogP contribution in [0.3, 0.4) is 0 Å². The lowest BCUT2D eigenvalue weighted by Gasteiger charge is -2.35. The van der Waals surface area contributed by atoms with Gasteiger partial charge in [-0.05, 0) is 32.2 Å². The van der Waals surface area contributed by atoms with Gasteiger partial charge in [0.15, 0.2) is 0 Å². The zero-order chi connectivity index (χ0) is 11.2. The fourth-order valence-corrected chi connectivity index (χ4v) is 3.83. The van der Waals surface area contributed by atoms with Gasteiger partial charge in [0, 0.05) is 30.6 Å². The van der Waals surface area contributed by atoms with E-state index in [1.807, 2.05) is 5.51 Å². The van der Waals surface area contributed by atoms with Crippen molar-refractivity contribution in [3.8, 4) is 0 Å². The van der Waals surface area contributed by atoms with E-state index in [2.05, 4.69) is 34.4 Å². The van der Waals surface area contributed by atoms with Crippen LogP contribution in [0.1, 0.15) is 19.5 Å². The zero-order valence-corrected chi connectivity index (χ0v) is 10.8. The molecule has 88 valence electrons. The van der Waals surface area contributed by atoms with Crippen LogP contribution >= 0.6 is 11.3 Å². The first-order chi connectivity index (χ1) is 7.68. The van der Waals surface area contributed by atoms with Crippen molar-refractivity contribution in [3.63, 3.8) is 0 Å². The first-order valence-electron chi connectivity index (χ1n) is 6.01. The van der Waals surface area contributed by atoms with Gasteiger partial charge in [-0.3, -0.25) is 4.90 Å². The lowest BCUT2D eigenvalue weighted by molar-refractivity contribution is 0.130. The van der Waals surface area contributed by atoms with Crippen LogP contribution in [0.5, 0.6) is 0 Å². The van der Waals surface area contributed by atoms with Crippen molar-refractivity contribution in [2.24, 2.45) is 11.8 Å². The van der Waals surface area contributed by atoms with Crippen molar-refractivity contribution in [2.75, 3.05) is 19.6 Å². The molecule has 0 aliphatic carbocycles. The van der Waals surface area contributed by atoms with Crippen molar-refractivity contribution in [1.29, 1.82) is 0 Å². The molecule has 2 aliphatic heterocycles. The van der Waals surface area contributed by atoms with E-state index in [-0.39, 0.29) is 0 Å². The molecule has 0 spiro atoms. The lowest BCUT2D eigenvalue weighted by Crippen LogP contribution is -2.43. The van der Waals surface area contributed by atoms with Crippen molar-refractivity contribution in [3.05, 3.63) is 16.6 Å². The standard InChI is InChI=1S/C12H19N3S/c1-12(2)11-4-13-3-9(11)5-15(12)6-10-7-16-8-14-10/h7-9,11,13H,3-6H2,1-2H3. The summed E-state index contributed by atoms with van der Waals surface area (Å²) < 4.78 is 0. The molecule has 3 rings (SSSR count). The van der Waals surface area contributed by atoms with Gasteiger partial charge in [0.05, 0.1) is 11.2 Å². The molecule has 2 saturated heterocycles. The maximum atomic E-state index is 4.40. The number of rotatable bonds is 2. The van der Waals surface area contributed by atoms with E-state index in [1.165, 1.54) is 25.3 Å². The minimum Gasteiger partial charge on any atom is -0.316 e. The fraction of sp³-hybridized carbons (Fsp3) is 0.750. The van der Waals surface area contributed by atoms with Gasteiger partial charge in [-0.1, -0.05) is 0 Å². The van der Waals surface area contributed by atoms with Crippen molar-refractivity contribution < 1.29 is 0 Å². The highest BCUT2D eigenvalue weighted by molar-refractivity contribution is 7.07. The summed E-state index contributed by atoms with van der Waals surface area (Å²) in [7, 11) is 0. The summed E-state index contributed by atoms with van der Waals surface area (Å²) in [5.41, 5.74) is 3.48. The summed E-state index contributed by atoms with van der Waals surface area (Å²) in [5, 5.41) is 5.69. The van der Waals surface area contributed by atoms with Gasteiger partial charge in [0.1, 0.15) is 0 Å². The molecule has 0 saturated carbocycles. The maximum Gasteiger partial charge on any atom is 0.0795 e. The van der Waals surface area contributed by atoms with Crippen LogP contribution in [0.2, 0.25) is 0 Å². The van der Waals surface area contributed by atoms with E-state index in [9.17, 15) is 0 Å². The molecule has 3 heterocycles. The second-order valence-corrected chi connectivity index (χ2v) is 6.26. The number of hydrogen-bond acceptors (Lipinski definition) is 4. The van der Waals surface area contributed by atoms with E-state index in [0.29, 0.717) is 5.54 Å². The maximum absolute atomic E-state index is 4.40. The Morgan fingerprint density at radius 1 is 1.56 bits per heavy atom. The van der Waals surface area contributed by atoms with E-state index < -0.39 is 0 Å². The van der Waals surface area contributed by atoms with Gasteiger partial charge in [-0.25, -0.2) is 4.98 Å². The molecule has 2 fully saturated rings. The van der Waals surface area contributed by atoms with E-state index >= 15 is 0 Å². The van der Waals surface area contributed by atoms with Crippen molar-refractivity contribution in [1.82, 2.24) is 15.2 Å². The van der Waals surface area contributed by atoms with E-state index in [0.717, 1.165) is 18.4 Å². The zero-order valence-electron chi connectivity index (χ0n) is 9.94. The first-order valence-corrected chi connectivity index (χ1v) is 6.95. The number of fused-ring (bicyclic) bond motifs is 1. The van der Waals surface area contributed by atoms with E-state index in [1.54, 1.807) is 11.3 Å². The Morgan fingerprint density at radius 3 is 3.12 bits per heavy atom. The average Bonchev–Trinajstić information content (AvgIpc) is 2.89. The number of likely N-dealkylation sites (tertiary alicyclic amines) is 1. The minimum absolute atomic E-state index is 0.317. The smallest absolute Gasteiger partial charge is 0.0795 e. The highest BCUT2D eigenvalue weighted by Gasteiger charge is 2.49. The summed E-state index contributed by atoms with van der Waals surface area (Å²) in [5.74, 6) is 1.65. The summed E-state index contributed by atoms with van der Waals surface area (Å²) in [6.45, 7) is 9.40. The van der Waals surface area contributed by atoms with Crippen LogP contribution in [-0.4, -0.2) is 35.1 Å². The molecule has 0 amide bonds. The van der Waals surface area contributed by atoms with Gasteiger partial charge in [-0.2, -0.15) is 0 Å². The van der Waals surface area contributed by atoms with Crippen LogP contribution < -0.4 is 5.32 Å². The van der Waals surface area contributed by atoms with Gasteiger partial charge in [0.2, 0.25) is 0 Å². The second kappa shape index (κ2) is 3.79. The monoisotopic (exact) mass is 237 g/mol. The Labute approximate surface area is 101 Å². The van der Waals surface area contributed by atoms with Gasteiger partial charge < -0.3 is 5.32 Å². The van der Waals surface area contributed by atoms with Gasteiger partial charge >= 0.3 is 0 Å². The molecule has 2 unspecified atom stereocenters. The van der Waals surface area contributed by atoms with Crippen LogP contribution in [0, 0.1) is 11.8 Å². The minimum atomic E-state index is 0.317. The third kappa shape index (κ3) is 1.60. The number of hydrogen-bond donors (Lipinski definition) is 1. The van der Waals surface area contributed by atoms with E-state index in [4.69, 9.17) is 0 Å². The Balaban J connectivity index is 1.77. The molecule has 16 heavy (non-hydrogen) atoms. The topological polar surface area (TPSA) is 28.2 Å². The lowest BCUT2D eigenvalue weighted by atomic mass is 9.85. The first kappa shape index (κ1) is 10.7. The molecule has 3 nitrogen and oxygen atoms in total. The number of nitrogens with zero attached hydrogens (tertiary/aromatic N) is 2. The largest absolute Gasteiger partial charge is 0.316 e. The summed E-state index contributed by atoms with van der Waals surface area (Å²) in [6, 6.07) is 0. The summed E-state index contributed by atoms with van der Waals surface area (Å²) >= 11 is 1.69. The van der Waals surface area contributed by atoms with Crippen LogP contribution in [0.4, 0.5) is 0 Å². The quantitative estimate of drug-likeness (QED) is 0.846. The molecule has 2 aliphatic rings. The molecule has 1 N–H and O–H groups in total. The summed E-state index contributed by atoms with van der Waals surface area (Å²) in [6.07, 6.45) is 0. The average molecular weight is 237 g/mol. The SMILES string of the molecule is CC1(C)C2CNCC2CN1Cc1cscn1. The molecule has 0 radical (unpaired) electrons. The number of thiazole rings is 1. The molecular formula is C12H19N3S. The molecule has 1 aromatic heterocycles. The number of nitrogens with one attached hydrogen (secondary N) is 1. The van der Waals surface area contributed by atoms with Gasteiger partial charge in [0.25, 0.3) is 0 Å². The second-order valence-electron chi connectivity index (χ2n) is 5.54. The fourth-order valence-electron chi connectivity index (χ4n) is 3.28. The Kier molecular flexibility index (Phi) is 2.53. The Morgan fingerprint density at radius 2 is 2.44 bits per heavy atom. The van der Waals surface area contributed by atoms with Crippen LogP contribution in [-0.2, 0) is 6.54 Å². The van der Waals surface area contributed by atoms with Crippen LogP contribution in [0.25, 0.3) is 0 Å². The van der Waals surface area contributed by atoms with Gasteiger partial charge in [-0.15, -0.1) is 11.3 Å². The highest BCUT2D eigenvalue weighted by Crippen LogP contribution is 2.41. The van der Waals surface area contributed by atoms with Crippen molar-refractivity contribution >= 4 is 11.3 Å². The molecule has 1 aromatic rings. The molecule has 0 bridgehead atoms. The van der Waals surface area contributed by atoms with Crippen molar-refractivity contribution in [2.45, 2.75) is 25.9 Å². The third-order valence-corrected chi connectivity index (χ3v) is 4.99. The Bertz CT molecular complexity index is 360. The molecular weight excluding hydrogens is 218 g/mol. The normalized spacial score (nSPS) is 33.1. The predicted octanol–water partition coefficient (Wildman–Crippen LogP) is 1.57. The van der Waals surface area contributed by atoms with Crippen LogP contribution in [0.15, 0.2) is 10.9 Å². The predicted molar refractivity (Wildman–Crippen MR) is 66.5 cm³/mol. The highest BCUT2D eigenvalue weighted by atomic mass is 32.1. The molecule has 4 heteroatoms. The summed E-state index contributed by atoms with van der Waals surface area (Å²) in [4.78, 5) is 7.01. The third-order valence-electron chi connectivity index (χ3n) is 4.35. The Hall–Kier alpha value is -0.450. The molecule has 0 aromatic carbocycles. The molecule has 2 atom stereocenters.